The van der Waals surface area contributed by atoms with Crippen molar-refractivity contribution in [1.29, 1.82) is 0 Å². The van der Waals surface area contributed by atoms with Gasteiger partial charge in [0.25, 0.3) is 0 Å². The number of rotatable bonds is 1. The lowest BCUT2D eigenvalue weighted by Crippen LogP contribution is -2.51. The first kappa shape index (κ1) is 15.1. The molecule has 0 spiro atoms. The number of aromatic nitrogens is 2. The van der Waals surface area contributed by atoms with Gasteiger partial charge in [-0.25, -0.2) is 9.97 Å². The third-order valence-corrected chi connectivity index (χ3v) is 3.57. The molecular formula is C10H8ClF6N3. The second-order valence-corrected chi connectivity index (χ2v) is 4.85. The highest BCUT2D eigenvalue weighted by molar-refractivity contribution is 6.32. The molecule has 1 aliphatic heterocycles. The summed E-state index contributed by atoms with van der Waals surface area (Å²) in [6, 6.07) is 0. The molecule has 2 rings (SSSR count). The predicted molar refractivity (Wildman–Crippen MR) is 58.4 cm³/mol. The quantitative estimate of drug-likeness (QED) is 0.742. The first-order chi connectivity index (χ1) is 9.08. The Kier molecular flexibility index (Phi) is 3.52. The summed E-state index contributed by atoms with van der Waals surface area (Å²) in [5, 5.41) is -0.0901. The fourth-order valence-corrected chi connectivity index (χ4v) is 2.38. The molecule has 1 fully saturated rings. The van der Waals surface area contributed by atoms with Crippen LogP contribution in [-0.4, -0.2) is 35.4 Å². The van der Waals surface area contributed by atoms with Gasteiger partial charge in [-0.1, -0.05) is 11.6 Å². The van der Waals surface area contributed by atoms with Crippen LogP contribution in [0.5, 0.6) is 0 Å². The largest absolute Gasteiger partial charge is 0.404 e. The zero-order valence-electron chi connectivity index (χ0n) is 9.76. The molecule has 0 aliphatic carbocycles. The monoisotopic (exact) mass is 319 g/mol. The average molecular weight is 320 g/mol. The molecule has 0 radical (unpaired) electrons. The molecule has 0 atom stereocenters. The van der Waals surface area contributed by atoms with Crippen LogP contribution in [0.3, 0.4) is 0 Å². The molecule has 10 heteroatoms. The Bertz CT molecular complexity index is 487. The molecule has 1 aliphatic rings. The van der Waals surface area contributed by atoms with Crippen molar-refractivity contribution in [3.05, 3.63) is 17.5 Å². The summed E-state index contributed by atoms with van der Waals surface area (Å²) in [6.07, 6.45) is -9.73. The van der Waals surface area contributed by atoms with Crippen LogP contribution in [0, 0.1) is 5.41 Å². The summed E-state index contributed by atoms with van der Waals surface area (Å²) in [4.78, 5) is 8.05. The molecule has 1 saturated heterocycles. The van der Waals surface area contributed by atoms with Gasteiger partial charge in [-0.05, 0) is 6.42 Å². The van der Waals surface area contributed by atoms with Crippen molar-refractivity contribution >= 4 is 17.4 Å². The van der Waals surface area contributed by atoms with Crippen molar-refractivity contribution in [2.24, 2.45) is 5.41 Å². The lowest BCUT2D eigenvalue weighted by Gasteiger charge is -2.33. The van der Waals surface area contributed by atoms with E-state index in [-0.39, 0.29) is 10.8 Å². The molecule has 3 nitrogen and oxygen atoms in total. The molecular weight excluding hydrogens is 312 g/mol. The van der Waals surface area contributed by atoms with Crippen molar-refractivity contribution in [3.63, 3.8) is 0 Å². The van der Waals surface area contributed by atoms with Gasteiger partial charge in [0, 0.05) is 13.1 Å². The molecule has 1 aromatic rings. The van der Waals surface area contributed by atoms with Crippen molar-refractivity contribution < 1.29 is 26.3 Å². The van der Waals surface area contributed by atoms with Gasteiger partial charge in [0.15, 0.2) is 11.2 Å². The smallest absolute Gasteiger partial charge is 0.354 e. The van der Waals surface area contributed by atoms with Gasteiger partial charge in [0.1, 0.15) is 11.3 Å². The van der Waals surface area contributed by atoms with Crippen LogP contribution in [0.25, 0.3) is 0 Å². The standard InChI is InChI=1S/C10H8ClF6N3/c11-6-3-18-5-19-7(6)20-2-1-8(4-20,9(12,13)14)10(15,16)17/h3,5H,1-2,4H2. The second-order valence-electron chi connectivity index (χ2n) is 4.44. The number of halogens is 7. The van der Waals surface area contributed by atoms with Crippen molar-refractivity contribution in [2.45, 2.75) is 18.8 Å². The number of alkyl halides is 6. The molecule has 1 aromatic heterocycles. The van der Waals surface area contributed by atoms with Crippen LogP contribution in [0.2, 0.25) is 5.02 Å². The topological polar surface area (TPSA) is 29.0 Å². The molecule has 0 amide bonds. The zero-order valence-corrected chi connectivity index (χ0v) is 10.5. The lowest BCUT2D eigenvalue weighted by molar-refractivity contribution is -0.332. The van der Waals surface area contributed by atoms with E-state index in [4.69, 9.17) is 11.6 Å². The van der Waals surface area contributed by atoms with Gasteiger partial charge >= 0.3 is 12.4 Å². The molecule has 0 bridgehead atoms. The van der Waals surface area contributed by atoms with E-state index in [2.05, 4.69) is 9.97 Å². The predicted octanol–water partition coefficient (Wildman–Crippen LogP) is 3.45. The molecule has 2 heterocycles. The minimum absolute atomic E-state index is 0.0901. The van der Waals surface area contributed by atoms with Gasteiger partial charge < -0.3 is 4.90 Å². The number of anilines is 1. The van der Waals surface area contributed by atoms with Gasteiger partial charge in [-0.3, -0.25) is 0 Å². The van der Waals surface area contributed by atoms with Crippen molar-refractivity contribution in [1.82, 2.24) is 9.97 Å². The highest BCUT2D eigenvalue weighted by atomic mass is 35.5. The van der Waals surface area contributed by atoms with E-state index >= 15 is 0 Å². The summed E-state index contributed by atoms with van der Waals surface area (Å²) in [6.45, 7) is -1.69. The Balaban J connectivity index is 2.37. The number of nitrogens with zero attached hydrogens (tertiary/aromatic N) is 3. The third kappa shape index (κ3) is 2.27. The van der Waals surface area contributed by atoms with E-state index in [0.29, 0.717) is 0 Å². The van der Waals surface area contributed by atoms with Gasteiger partial charge in [-0.15, -0.1) is 0 Å². The van der Waals surface area contributed by atoms with Crippen LogP contribution >= 0.6 is 11.6 Å². The Morgan fingerprint density at radius 2 is 1.75 bits per heavy atom. The van der Waals surface area contributed by atoms with Gasteiger partial charge in [-0.2, -0.15) is 26.3 Å². The van der Waals surface area contributed by atoms with E-state index in [1.54, 1.807) is 0 Å². The van der Waals surface area contributed by atoms with E-state index in [0.717, 1.165) is 17.4 Å². The molecule has 112 valence electrons. The van der Waals surface area contributed by atoms with Crippen molar-refractivity contribution in [3.8, 4) is 0 Å². The van der Waals surface area contributed by atoms with Gasteiger partial charge in [0.05, 0.1) is 6.20 Å². The van der Waals surface area contributed by atoms with E-state index in [9.17, 15) is 26.3 Å². The van der Waals surface area contributed by atoms with Crippen LogP contribution in [0.15, 0.2) is 12.5 Å². The highest BCUT2D eigenvalue weighted by Crippen LogP contribution is 2.56. The molecule has 0 N–H and O–H groups in total. The molecule has 0 saturated carbocycles. The molecule has 20 heavy (non-hydrogen) atoms. The minimum atomic E-state index is -5.39. The maximum absolute atomic E-state index is 12.9. The van der Waals surface area contributed by atoms with Crippen LogP contribution < -0.4 is 4.90 Å². The second kappa shape index (κ2) is 4.64. The Morgan fingerprint density at radius 3 is 2.20 bits per heavy atom. The number of hydrogen-bond donors (Lipinski definition) is 0. The number of hydrogen-bond acceptors (Lipinski definition) is 3. The summed E-state index contributed by atoms with van der Waals surface area (Å²) in [5.74, 6) is -0.128. The fourth-order valence-electron chi connectivity index (χ4n) is 2.15. The lowest BCUT2D eigenvalue weighted by atomic mass is 9.85. The maximum atomic E-state index is 12.9. The van der Waals surface area contributed by atoms with E-state index in [1.165, 1.54) is 0 Å². The molecule has 0 unspecified atom stereocenters. The summed E-state index contributed by atoms with van der Waals surface area (Å²) < 4.78 is 77.3. The van der Waals surface area contributed by atoms with E-state index in [1.807, 2.05) is 0 Å². The Morgan fingerprint density at radius 1 is 1.15 bits per heavy atom. The Labute approximate surface area is 114 Å². The fraction of sp³-hybridized carbons (Fsp3) is 0.600. The minimum Gasteiger partial charge on any atom is -0.354 e. The summed E-state index contributed by atoms with van der Waals surface area (Å²) in [5.41, 5.74) is -3.76. The van der Waals surface area contributed by atoms with Crippen LogP contribution in [0.1, 0.15) is 6.42 Å². The van der Waals surface area contributed by atoms with Crippen LogP contribution in [0.4, 0.5) is 32.2 Å². The summed E-state index contributed by atoms with van der Waals surface area (Å²) >= 11 is 5.70. The summed E-state index contributed by atoms with van der Waals surface area (Å²) in [7, 11) is 0. The maximum Gasteiger partial charge on any atom is 0.404 e. The third-order valence-electron chi connectivity index (χ3n) is 3.30. The first-order valence-electron chi connectivity index (χ1n) is 5.42. The van der Waals surface area contributed by atoms with Crippen molar-refractivity contribution in [2.75, 3.05) is 18.0 Å². The SMILES string of the molecule is FC(F)(F)C1(C(F)(F)F)CCN(c2ncncc2Cl)C1. The van der Waals surface area contributed by atoms with E-state index < -0.39 is 37.3 Å². The van der Waals surface area contributed by atoms with Gasteiger partial charge in [0.2, 0.25) is 0 Å². The normalized spacial score (nSPS) is 19.4. The first-order valence-corrected chi connectivity index (χ1v) is 5.80. The highest BCUT2D eigenvalue weighted by Gasteiger charge is 2.72. The zero-order chi connectivity index (χ0) is 15.2. The Hall–Kier alpha value is -1.25. The average Bonchev–Trinajstić information content (AvgIpc) is 2.74. The van der Waals surface area contributed by atoms with Crippen LogP contribution in [-0.2, 0) is 0 Å². The molecule has 0 aromatic carbocycles.